The predicted molar refractivity (Wildman–Crippen MR) is 241 cm³/mol. The highest BCUT2D eigenvalue weighted by molar-refractivity contribution is 7.91. The molecule has 2 unspecified atom stereocenters. The number of sulfone groups is 1. The van der Waals surface area contributed by atoms with Crippen molar-refractivity contribution in [1.82, 2.24) is 10.2 Å². The van der Waals surface area contributed by atoms with Crippen molar-refractivity contribution in [2.45, 2.75) is 176 Å². The van der Waals surface area contributed by atoms with Gasteiger partial charge in [-0.2, -0.15) is 0 Å². The molecule has 1 heterocycles. The van der Waals surface area contributed by atoms with Gasteiger partial charge in [0.25, 0.3) is 0 Å². The van der Waals surface area contributed by atoms with Crippen LogP contribution in [0.1, 0.15) is 152 Å². The van der Waals surface area contributed by atoms with E-state index in [-0.39, 0.29) is 82.1 Å². The number of carbonyl (C=O) groups is 2. The number of ether oxygens (including phenoxy) is 2. The predicted octanol–water partition coefficient (Wildman–Crippen LogP) is 8.96. The molecule has 0 aromatic carbocycles. The molecule has 356 valence electrons. The van der Waals surface area contributed by atoms with Gasteiger partial charge in [-0.3, -0.25) is 19.1 Å². The average molecular weight is 911 g/mol. The van der Waals surface area contributed by atoms with Gasteiger partial charge in [-0.05, 0) is 141 Å². The summed E-state index contributed by atoms with van der Waals surface area (Å²) in [5.41, 5.74) is -0.00494. The molecule has 2 N–H and O–H groups in total. The summed E-state index contributed by atoms with van der Waals surface area (Å²) in [6.45, 7) is 22.4. The van der Waals surface area contributed by atoms with Gasteiger partial charge in [0.05, 0.1) is 30.5 Å². The maximum atomic E-state index is 13.4. The maximum Gasteiger partial charge on any atom is 0.355 e. The van der Waals surface area contributed by atoms with Crippen molar-refractivity contribution >= 4 is 29.4 Å². The largest absolute Gasteiger partial charge is 0.481 e. The highest BCUT2D eigenvalue weighted by atomic mass is 32.2. The number of esters is 1. The van der Waals surface area contributed by atoms with Crippen LogP contribution in [0.3, 0.4) is 0 Å². The Morgan fingerprint density at radius 1 is 0.823 bits per heavy atom. The number of hydrogen-bond acceptors (Lipinski definition) is 11. The number of carboxylic acid groups (broad SMARTS) is 1. The summed E-state index contributed by atoms with van der Waals surface area (Å²) in [6, 6.07) is -0.107. The molecule has 0 radical (unpaired) electrons. The lowest BCUT2D eigenvalue weighted by atomic mass is 9.32. The number of nitrogens with zero attached hydrogens (tertiary/aromatic N) is 1. The third-order valence-corrected chi connectivity index (χ3v) is 23.1. The van der Waals surface area contributed by atoms with Crippen LogP contribution in [0, 0.1) is 62.1 Å². The summed E-state index contributed by atoms with van der Waals surface area (Å²) in [6.07, 6.45) is 13.3. The number of carboxylic acids is 1. The first-order chi connectivity index (χ1) is 28.7. The average Bonchev–Trinajstić information content (AvgIpc) is 3.81. The van der Waals surface area contributed by atoms with Gasteiger partial charge in [0.2, 0.25) is 0 Å². The fourth-order valence-corrected chi connectivity index (χ4v) is 18.0. The van der Waals surface area contributed by atoms with Crippen LogP contribution in [0.15, 0.2) is 0 Å². The summed E-state index contributed by atoms with van der Waals surface area (Å²) in [4.78, 5) is 27.1. The second-order valence-electron chi connectivity index (χ2n) is 24.0. The van der Waals surface area contributed by atoms with Crippen LogP contribution in [-0.4, -0.2) is 106 Å². The Kier molecular flexibility index (Phi) is 13.3. The lowest BCUT2D eigenvalue weighted by Crippen LogP contribution is -2.69. The van der Waals surface area contributed by atoms with Gasteiger partial charge in [0, 0.05) is 50.8 Å². The summed E-state index contributed by atoms with van der Waals surface area (Å²) in [5, 5.41) is 13.7. The van der Waals surface area contributed by atoms with E-state index in [0.717, 1.165) is 32.1 Å². The summed E-state index contributed by atoms with van der Waals surface area (Å²) in [7, 11) is -3.73. The van der Waals surface area contributed by atoms with Crippen LogP contribution in [0.5, 0.6) is 0 Å². The van der Waals surface area contributed by atoms with Crippen molar-refractivity contribution in [3.63, 3.8) is 0 Å². The lowest BCUT2D eigenvalue weighted by Gasteiger charge is -2.73. The van der Waals surface area contributed by atoms with Crippen LogP contribution >= 0.6 is 7.60 Å². The zero-order chi connectivity index (χ0) is 45.5. The minimum absolute atomic E-state index is 0.0120. The molecule has 1 saturated heterocycles. The monoisotopic (exact) mass is 911 g/mol. The molecule has 12 atom stereocenters. The first-order valence-corrected chi connectivity index (χ1v) is 27.7. The molecular weight excluding hydrogens is 828 g/mol. The molecule has 6 saturated carbocycles. The Morgan fingerprint density at radius 3 is 2.10 bits per heavy atom. The highest BCUT2D eigenvalue weighted by Gasteiger charge is 2.72. The third kappa shape index (κ3) is 8.68. The molecule has 0 aromatic heterocycles. The quantitative estimate of drug-likeness (QED) is 0.112. The van der Waals surface area contributed by atoms with Crippen LogP contribution < -0.4 is 5.32 Å². The molecule has 12 nitrogen and oxygen atoms in total. The second-order valence-corrected chi connectivity index (χ2v) is 28.5. The Labute approximate surface area is 374 Å². The van der Waals surface area contributed by atoms with E-state index in [9.17, 15) is 27.7 Å². The van der Waals surface area contributed by atoms with Gasteiger partial charge >= 0.3 is 19.5 Å². The molecule has 0 amide bonds. The summed E-state index contributed by atoms with van der Waals surface area (Å²) in [5.74, 6) is 1.91. The van der Waals surface area contributed by atoms with Crippen molar-refractivity contribution in [1.29, 1.82) is 0 Å². The minimum Gasteiger partial charge on any atom is -0.481 e. The topological polar surface area (TPSA) is 158 Å². The lowest BCUT2D eigenvalue weighted by molar-refractivity contribution is -0.248. The molecule has 0 aromatic rings. The van der Waals surface area contributed by atoms with Crippen molar-refractivity contribution in [3.05, 3.63) is 0 Å². The number of hydrogen-bond donors (Lipinski definition) is 2. The number of nitrogens with one attached hydrogen (secondary N) is 1. The normalized spacial score (nSPS) is 40.8. The summed E-state index contributed by atoms with van der Waals surface area (Å²) < 4.78 is 61.3. The van der Waals surface area contributed by atoms with E-state index in [4.69, 9.17) is 18.5 Å². The molecule has 0 spiro atoms. The number of carbonyl (C=O) groups excluding carboxylic acids is 1. The molecule has 62 heavy (non-hydrogen) atoms. The zero-order valence-electron chi connectivity index (χ0n) is 40.2. The van der Waals surface area contributed by atoms with Gasteiger partial charge in [-0.25, -0.2) is 8.42 Å². The van der Waals surface area contributed by atoms with Crippen LogP contribution in [0.2, 0.25) is 0 Å². The van der Waals surface area contributed by atoms with Gasteiger partial charge in [-0.1, -0.05) is 55.4 Å². The maximum absolute atomic E-state index is 13.4. The molecule has 0 bridgehead atoms. The molecule has 7 fully saturated rings. The fraction of sp³-hybridized carbons (Fsp3) is 0.958. The Hall–Kier alpha value is -1.08. The first-order valence-electron chi connectivity index (χ1n) is 24.2. The molecule has 7 aliphatic rings. The zero-order valence-corrected chi connectivity index (χ0v) is 41.9. The minimum atomic E-state index is -3.40. The number of aliphatic carboxylic acids is 1. The van der Waals surface area contributed by atoms with E-state index >= 15 is 0 Å². The SMILES string of the molecule is COP(=O)(COC(C)C(CN[C@]12CC[C@@H](C3(C)CC3)[C@@H]1[C@H]1CC[C@@H]3[C@@]4(C)CC[C@H](OC(=O)CC(C)(C)CC(=O)O)C(C)(C)[C@@H]4CC[C@@]3(C)[C@]1(C)CC2)N1CCS(=O)(=O)CC1)OC. The van der Waals surface area contributed by atoms with E-state index < -0.39 is 28.8 Å². The highest BCUT2D eigenvalue weighted by Crippen LogP contribution is 2.78. The van der Waals surface area contributed by atoms with Gasteiger partial charge in [-0.15, -0.1) is 0 Å². The molecule has 7 rings (SSSR count). The van der Waals surface area contributed by atoms with Crippen LogP contribution in [-0.2, 0) is 42.5 Å². The number of rotatable bonds is 16. The standard InChI is InChI=1S/C48H83N2O10PS/c1-32(59-31-61(54,57-10)58-11)35(50-24-26-62(55,56)27-25-50)30-49-48-19-14-33(44(6)20-21-44)41(48)34-12-13-37-45(7)17-16-38(60-40(53)29-42(2,3)28-39(51)52)43(4,5)36(45)15-18-47(37,9)46(34,8)22-23-48/h32-38,41,49H,12-31H2,1-11H3,(H,51,52)/t32?,33-,34-,35?,36+,37-,38+,41-,45+,46-,47-,48+/m1/s1. The van der Waals surface area contributed by atoms with E-state index in [1.807, 2.05) is 20.8 Å². The van der Waals surface area contributed by atoms with Crippen LogP contribution in [0.25, 0.3) is 0 Å². The van der Waals surface area contributed by atoms with Crippen molar-refractivity contribution in [2.24, 2.45) is 62.1 Å². The van der Waals surface area contributed by atoms with Gasteiger partial charge in [0.1, 0.15) is 12.5 Å². The molecule has 14 heteroatoms. The first kappa shape index (κ1) is 48.8. The fourth-order valence-electron chi connectivity index (χ4n) is 16.0. The van der Waals surface area contributed by atoms with Crippen molar-refractivity contribution in [2.75, 3.05) is 51.7 Å². The van der Waals surface area contributed by atoms with E-state index in [2.05, 4.69) is 51.8 Å². The van der Waals surface area contributed by atoms with E-state index in [0.29, 0.717) is 54.6 Å². The Morgan fingerprint density at radius 2 is 1.48 bits per heavy atom. The molecular formula is C48H83N2O10PS. The van der Waals surface area contributed by atoms with Crippen LogP contribution in [0.4, 0.5) is 0 Å². The summed E-state index contributed by atoms with van der Waals surface area (Å²) >= 11 is 0. The van der Waals surface area contributed by atoms with Gasteiger partial charge in [0.15, 0.2) is 9.84 Å². The molecule has 6 aliphatic carbocycles. The smallest absolute Gasteiger partial charge is 0.355 e. The van der Waals surface area contributed by atoms with Crippen molar-refractivity contribution in [3.8, 4) is 0 Å². The molecule has 1 aliphatic heterocycles. The Bertz CT molecular complexity index is 1830. The second kappa shape index (κ2) is 16.9. The number of fused-ring (bicyclic) bond motifs is 7. The van der Waals surface area contributed by atoms with E-state index in [1.54, 1.807) is 0 Å². The van der Waals surface area contributed by atoms with Crippen molar-refractivity contribution < 1.29 is 46.2 Å². The van der Waals surface area contributed by atoms with E-state index in [1.165, 1.54) is 59.2 Å². The van der Waals surface area contributed by atoms with Gasteiger partial charge < -0.3 is 28.9 Å². The third-order valence-electron chi connectivity index (χ3n) is 19.9. The Balaban J connectivity index is 1.12.